The molecule has 0 saturated heterocycles. The summed E-state index contributed by atoms with van der Waals surface area (Å²) in [5.74, 6) is 2.03. The highest BCUT2D eigenvalue weighted by Crippen LogP contribution is 2.51. The molecule has 184 valence electrons. The molecule has 2 heterocycles. The normalized spacial score (nSPS) is 19.0. The van der Waals surface area contributed by atoms with E-state index < -0.39 is 6.10 Å². The Hall–Kier alpha value is -2.56. The summed E-state index contributed by atoms with van der Waals surface area (Å²) in [5.41, 5.74) is 5.31. The molecule has 1 atom stereocenters. The first-order chi connectivity index (χ1) is 16.5. The Balaban J connectivity index is 1.26. The van der Waals surface area contributed by atoms with Crippen molar-refractivity contribution in [2.75, 3.05) is 12.4 Å². The summed E-state index contributed by atoms with van der Waals surface area (Å²) in [6.45, 7) is 4.38. The zero-order valence-corrected chi connectivity index (χ0v) is 20.1. The van der Waals surface area contributed by atoms with E-state index in [0.29, 0.717) is 35.9 Å². The average Bonchev–Trinajstić information content (AvgIpc) is 3.67. The van der Waals surface area contributed by atoms with Crippen LogP contribution in [0.4, 0.5) is 5.69 Å². The Morgan fingerprint density at radius 1 is 1.15 bits per heavy atom. The highest BCUT2D eigenvalue weighted by molar-refractivity contribution is 5.94. The van der Waals surface area contributed by atoms with E-state index in [-0.39, 0.29) is 17.9 Å². The molecule has 0 aromatic carbocycles. The van der Waals surface area contributed by atoms with Gasteiger partial charge in [-0.05, 0) is 70.3 Å². The molecule has 10 heteroatoms. The van der Waals surface area contributed by atoms with Gasteiger partial charge in [-0.25, -0.2) is 4.89 Å². The van der Waals surface area contributed by atoms with E-state index in [1.807, 2.05) is 26.1 Å². The van der Waals surface area contributed by atoms with Crippen molar-refractivity contribution >= 4 is 11.6 Å². The van der Waals surface area contributed by atoms with Gasteiger partial charge in [0.15, 0.2) is 6.10 Å². The maximum absolute atomic E-state index is 13.3. The largest absolute Gasteiger partial charge is 0.480 e. The molecule has 2 aromatic heterocycles. The number of methoxy groups -OCH3 is 1. The van der Waals surface area contributed by atoms with Gasteiger partial charge in [0.2, 0.25) is 5.88 Å². The molecule has 0 bridgehead atoms. The van der Waals surface area contributed by atoms with Crippen LogP contribution in [0.5, 0.6) is 5.88 Å². The standard InChI is InChI=1S/C24H34N6O4/c1-14(2)29-34-33-22(21(16-6-7-16)17-8-9-17)23(31)26-19-11-25-30(13-19)12-18-10-20(15-4-5-15)27-28-24(18)32-3/h10-11,13-17,21-22,29H,4-9,12H2,1-3H3,(H,26,31). The van der Waals surface area contributed by atoms with Crippen LogP contribution in [-0.4, -0.2) is 45.1 Å². The van der Waals surface area contributed by atoms with Gasteiger partial charge in [0, 0.05) is 29.6 Å². The Kier molecular flexibility index (Phi) is 6.80. The van der Waals surface area contributed by atoms with Gasteiger partial charge in [-0.3, -0.25) is 9.48 Å². The molecule has 3 saturated carbocycles. The Bertz CT molecular complexity index is 987. The maximum Gasteiger partial charge on any atom is 0.257 e. The molecule has 0 spiro atoms. The molecule has 3 aliphatic rings. The molecule has 0 aliphatic heterocycles. The van der Waals surface area contributed by atoms with Crippen LogP contribution in [-0.2, 0) is 21.2 Å². The summed E-state index contributed by atoms with van der Waals surface area (Å²) in [6.07, 6.45) is 9.68. The van der Waals surface area contributed by atoms with E-state index in [1.54, 1.807) is 18.0 Å². The lowest BCUT2D eigenvalue weighted by Crippen LogP contribution is -2.41. The van der Waals surface area contributed by atoms with E-state index in [2.05, 4.69) is 26.1 Å². The second-order valence-corrected chi connectivity index (χ2v) is 10.1. The summed E-state index contributed by atoms with van der Waals surface area (Å²) in [6, 6.07) is 2.13. The third-order valence-corrected chi connectivity index (χ3v) is 6.65. The van der Waals surface area contributed by atoms with Crippen molar-refractivity contribution in [1.29, 1.82) is 0 Å². The van der Waals surface area contributed by atoms with Crippen LogP contribution in [0.1, 0.15) is 69.5 Å². The quantitative estimate of drug-likeness (QED) is 0.339. The van der Waals surface area contributed by atoms with E-state index in [9.17, 15) is 4.79 Å². The summed E-state index contributed by atoms with van der Waals surface area (Å²) in [7, 11) is 1.59. The van der Waals surface area contributed by atoms with Gasteiger partial charge >= 0.3 is 0 Å². The van der Waals surface area contributed by atoms with Gasteiger partial charge in [0.25, 0.3) is 5.91 Å². The van der Waals surface area contributed by atoms with Crippen molar-refractivity contribution in [3.63, 3.8) is 0 Å². The lowest BCUT2D eigenvalue weighted by atomic mass is 9.91. The molecule has 0 radical (unpaired) electrons. The fourth-order valence-corrected chi connectivity index (χ4v) is 4.50. The molecular formula is C24H34N6O4. The first-order valence-electron chi connectivity index (χ1n) is 12.3. The van der Waals surface area contributed by atoms with Crippen LogP contribution >= 0.6 is 0 Å². The molecule has 2 aromatic rings. The fraction of sp³-hybridized carbons (Fsp3) is 0.667. The number of carbonyl (C=O) groups excluding carboxylic acids is 1. The third kappa shape index (κ3) is 5.73. The maximum atomic E-state index is 13.3. The van der Waals surface area contributed by atoms with E-state index in [0.717, 1.165) is 49.8 Å². The van der Waals surface area contributed by atoms with Gasteiger partial charge in [0.1, 0.15) is 0 Å². The number of ether oxygens (including phenoxy) is 1. The minimum atomic E-state index is -0.666. The molecule has 2 N–H and O–H groups in total. The number of anilines is 1. The topological polar surface area (TPSA) is 112 Å². The van der Waals surface area contributed by atoms with E-state index in [1.165, 1.54) is 0 Å². The van der Waals surface area contributed by atoms with Gasteiger partial charge in [-0.1, -0.05) is 0 Å². The zero-order chi connectivity index (χ0) is 23.7. The van der Waals surface area contributed by atoms with Crippen molar-refractivity contribution in [2.45, 2.75) is 77.0 Å². The Morgan fingerprint density at radius 3 is 2.50 bits per heavy atom. The number of hydrogen-bond donors (Lipinski definition) is 2. The lowest BCUT2D eigenvalue weighted by Gasteiger charge is -2.25. The predicted octanol–water partition coefficient (Wildman–Crippen LogP) is 3.21. The first-order valence-corrected chi connectivity index (χ1v) is 12.3. The fourth-order valence-electron chi connectivity index (χ4n) is 4.50. The van der Waals surface area contributed by atoms with Gasteiger partial charge in [-0.15, -0.1) is 10.1 Å². The van der Waals surface area contributed by atoms with Crippen LogP contribution in [0.25, 0.3) is 0 Å². The summed E-state index contributed by atoms with van der Waals surface area (Å²) in [5, 5.41) is 15.9. The predicted molar refractivity (Wildman–Crippen MR) is 124 cm³/mol. The second-order valence-electron chi connectivity index (χ2n) is 10.1. The number of carbonyl (C=O) groups is 1. The summed E-state index contributed by atoms with van der Waals surface area (Å²) >= 11 is 0. The van der Waals surface area contributed by atoms with Gasteiger partial charge in [-0.2, -0.15) is 15.7 Å². The minimum absolute atomic E-state index is 0.0855. The number of hydroxylamine groups is 1. The van der Waals surface area contributed by atoms with Crippen molar-refractivity contribution < 1.29 is 19.4 Å². The first kappa shape index (κ1) is 23.2. The smallest absolute Gasteiger partial charge is 0.257 e. The van der Waals surface area contributed by atoms with Gasteiger partial charge in [0.05, 0.1) is 31.2 Å². The number of hydrogen-bond acceptors (Lipinski definition) is 8. The van der Waals surface area contributed by atoms with Crippen molar-refractivity contribution in [1.82, 2.24) is 25.5 Å². The highest BCUT2D eigenvalue weighted by Gasteiger charge is 2.49. The van der Waals surface area contributed by atoms with Crippen LogP contribution < -0.4 is 15.5 Å². The van der Waals surface area contributed by atoms with E-state index >= 15 is 0 Å². The van der Waals surface area contributed by atoms with Crippen molar-refractivity contribution in [3.05, 3.63) is 29.7 Å². The lowest BCUT2D eigenvalue weighted by molar-refractivity contribution is -0.367. The Morgan fingerprint density at radius 2 is 1.88 bits per heavy atom. The van der Waals surface area contributed by atoms with Crippen LogP contribution in [0.3, 0.4) is 0 Å². The molecule has 3 fully saturated rings. The number of nitrogens with one attached hydrogen (secondary N) is 2. The van der Waals surface area contributed by atoms with Crippen molar-refractivity contribution in [3.8, 4) is 5.88 Å². The van der Waals surface area contributed by atoms with Crippen LogP contribution in [0, 0.1) is 17.8 Å². The molecule has 34 heavy (non-hydrogen) atoms. The number of rotatable bonds is 13. The zero-order valence-electron chi connectivity index (χ0n) is 20.1. The number of aromatic nitrogens is 4. The molecule has 5 rings (SSSR count). The van der Waals surface area contributed by atoms with Gasteiger partial charge < -0.3 is 10.1 Å². The monoisotopic (exact) mass is 470 g/mol. The molecule has 1 amide bonds. The van der Waals surface area contributed by atoms with Crippen LogP contribution in [0.15, 0.2) is 18.5 Å². The minimum Gasteiger partial charge on any atom is -0.480 e. The van der Waals surface area contributed by atoms with Crippen LogP contribution in [0.2, 0.25) is 0 Å². The summed E-state index contributed by atoms with van der Waals surface area (Å²) < 4.78 is 7.15. The molecule has 10 nitrogen and oxygen atoms in total. The molecule has 3 aliphatic carbocycles. The molecule has 1 unspecified atom stereocenters. The average molecular weight is 471 g/mol. The second kappa shape index (κ2) is 9.97. The SMILES string of the molecule is COc1nnc(C2CC2)cc1Cn1cc(NC(=O)C(OONC(C)C)C(C2CC2)C2CC2)cn1. The van der Waals surface area contributed by atoms with E-state index in [4.69, 9.17) is 14.6 Å². The van der Waals surface area contributed by atoms with Crippen molar-refractivity contribution in [2.24, 2.45) is 17.8 Å². The number of amides is 1. The summed E-state index contributed by atoms with van der Waals surface area (Å²) in [4.78, 5) is 24.2. The highest BCUT2D eigenvalue weighted by atomic mass is 17.3. The number of nitrogens with zero attached hydrogens (tertiary/aromatic N) is 4. The molecular weight excluding hydrogens is 436 g/mol. The Labute approximate surface area is 199 Å². The third-order valence-electron chi connectivity index (χ3n) is 6.65.